The van der Waals surface area contributed by atoms with Crippen molar-refractivity contribution in [2.24, 2.45) is 5.73 Å². The molecule has 18 heavy (non-hydrogen) atoms. The maximum absolute atomic E-state index is 6.27. The Bertz CT molecular complexity index is 504. The molecule has 2 rings (SSSR count). The van der Waals surface area contributed by atoms with Gasteiger partial charge >= 0.3 is 0 Å². The third-order valence-corrected chi connectivity index (χ3v) is 4.83. The SMILES string of the molecule is CC(Sc1ncccc1Br)C(N)c1ccccc1. The van der Waals surface area contributed by atoms with Crippen molar-refractivity contribution in [3.63, 3.8) is 0 Å². The average Bonchev–Trinajstić information content (AvgIpc) is 2.41. The summed E-state index contributed by atoms with van der Waals surface area (Å²) < 4.78 is 1.02. The van der Waals surface area contributed by atoms with Crippen molar-refractivity contribution in [1.29, 1.82) is 0 Å². The van der Waals surface area contributed by atoms with Crippen molar-refractivity contribution >= 4 is 27.7 Å². The van der Waals surface area contributed by atoms with Gasteiger partial charge in [0.1, 0.15) is 5.03 Å². The number of aromatic nitrogens is 1. The Labute approximate surface area is 120 Å². The first-order valence-electron chi connectivity index (χ1n) is 5.76. The standard InChI is InChI=1S/C14H15BrN2S/c1-10(13(16)11-6-3-2-4-7-11)18-14-12(15)8-5-9-17-14/h2-10,13H,16H2,1H3. The Balaban J connectivity index is 2.09. The first-order valence-corrected chi connectivity index (χ1v) is 7.43. The lowest BCUT2D eigenvalue weighted by atomic mass is 10.1. The average molecular weight is 323 g/mol. The summed E-state index contributed by atoms with van der Waals surface area (Å²) in [7, 11) is 0. The van der Waals surface area contributed by atoms with Crippen LogP contribution in [0, 0.1) is 0 Å². The van der Waals surface area contributed by atoms with Crippen molar-refractivity contribution in [2.75, 3.05) is 0 Å². The number of benzene rings is 1. The van der Waals surface area contributed by atoms with Crippen molar-refractivity contribution in [1.82, 2.24) is 4.98 Å². The van der Waals surface area contributed by atoms with Gasteiger partial charge in [-0.3, -0.25) is 0 Å². The van der Waals surface area contributed by atoms with E-state index in [2.05, 4.69) is 40.0 Å². The van der Waals surface area contributed by atoms with Gasteiger partial charge in [-0.2, -0.15) is 0 Å². The fraction of sp³-hybridized carbons (Fsp3) is 0.214. The van der Waals surface area contributed by atoms with E-state index in [9.17, 15) is 0 Å². The molecular weight excluding hydrogens is 308 g/mol. The Morgan fingerprint density at radius 2 is 1.89 bits per heavy atom. The van der Waals surface area contributed by atoms with E-state index in [0.717, 1.165) is 15.1 Å². The molecule has 0 aliphatic rings. The molecule has 94 valence electrons. The maximum atomic E-state index is 6.27. The second kappa shape index (κ2) is 6.36. The van der Waals surface area contributed by atoms with Crippen LogP contribution in [0.25, 0.3) is 0 Å². The lowest BCUT2D eigenvalue weighted by Gasteiger charge is -2.19. The van der Waals surface area contributed by atoms with Gasteiger partial charge in [-0.05, 0) is 33.6 Å². The molecule has 0 spiro atoms. The van der Waals surface area contributed by atoms with Crippen LogP contribution in [0.2, 0.25) is 0 Å². The maximum Gasteiger partial charge on any atom is 0.110 e. The molecule has 2 N–H and O–H groups in total. The van der Waals surface area contributed by atoms with E-state index in [1.807, 2.05) is 30.3 Å². The summed E-state index contributed by atoms with van der Waals surface area (Å²) in [5.41, 5.74) is 7.43. The molecule has 1 heterocycles. The minimum absolute atomic E-state index is 0.00473. The first kappa shape index (κ1) is 13.6. The molecule has 2 aromatic rings. The number of hydrogen-bond donors (Lipinski definition) is 1. The molecule has 4 heteroatoms. The quantitative estimate of drug-likeness (QED) is 0.864. The van der Waals surface area contributed by atoms with E-state index in [4.69, 9.17) is 5.73 Å². The second-order valence-electron chi connectivity index (χ2n) is 4.05. The Morgan fingerprint density at radius 3 is 2.56 bits per heavy atom. The van der Waals surface area contributed by atoms with E-state index in [1.54, 1.807) is 18.0 Å². The van der Waals surface area contributed by atoms with Crippen LogP contribution < -0.4 is 5.73 Å². The third-order valence-electron chi connectivity index (χ3n) is 2.71. The number of halogens is 1. The highest BCUT2D eigenvalue weighted by Gasteiger charge is 2.17. The number of thioether (sulfide) groups is 1. The first-order chi connectivity index (χ1) is 8.68. The van der Waals surface area contributed by atoms with Gasteiger partial charge in [-0.1, -0.05) is 37.3 Å². The summed E-state index contributed by atoms with van der Waals surface area (Å²) in [5, 5.41) is 1.25. The molecule has 2 unspecified atom stereocenters. The van der Waals surface area contributed by atoms with Crippen molar-refractivity contribution in [2.45, 2.75) is 23.2 Å². The summed E-state index contributed by atoms with van der Waals surface area (Å²) >= 11 is 5.20. The van der Waals surface area contributed by atoms with Crippen LogP contribution >= 0.6 is 27.7 Å². The zero-order chi connectivity index (χ0) is 13.0. The number of pyridine rings is 1. The van der Waals surface area contributed by atoms with Crippen LogP contribution in [-0.2, 0) is 0 Å². The summed E-state index contributed by atoms with van der Waals surface area (Å²) in [6, 6.07) is 14.1. The highest BCUT2D eigenvalue weighted by molar-refractivity contribution is 9.10. The molecule has 0 saturated carbocycles. The lowest BCUT2D eigenvalue weighted by molar-refractivity contribution is 0.714. The van der Waals surface area contributed by atoms with E-state index in [1.165, 1.54) is 0 Å². The van der Waals surface area contributed by atoms with Gasteiger partial charge in [-0.25, -0.2) is 4.98 Å². The van der Waals surface area contributed by atoms with Crippen LogP contribution in [0.15, 0.2) is 58.2 Å². The van der Waals surface area contributed by atoms with E-state index in [0.29, 0.717) is 0 Å². The molecule has 0 bridgehead atoms. The van der Waals surface area contributed by atoms with Gasteiger partial charge in [0.2, 0.25) is 0 Å². The molecule has 2 atom stereocenters. The van der Waals surface area contributed by atoms with Gasteiger partial charge < -0.3 is 5.73 Å². The van der Waals surface area contributed by atoms with Gasteiger partial charge in [0.15, 0.2) is 0 Å². The highest BCUT2D eigenvalue weighted by atomic mass is 79.9. The van der Waals surface area contributed by atoms with Crippen LogP contribution in [0.5, 0.6) is 0 Å². The highest BCUT2D eigenvalue weighted by Crippen LogP contribution is 2.33. The van der Waals surface area contributed by atoms with E-state index in [-0.39, 0.29) is 11.3 Å². The largest absolute Gasteiger partial charge is 0.323 e. The minimum atomic E-state index is 0.00473. The summed E-state index contributed by atoms with van der Waals surface area (Å²) in [4.78, 5) is 4.35. The van der Waals surface area contributed by atoms with E-state index < -0.39 is 0 Å². The molecule has 0 radical (unpaired) electrons. The lowest BCUT2D eigenvalue weighted by Crippen LogP contribution is -2.21. The predicted molar refractivity (Wildman–Crippen MR) is 80.6 cm³/mol. The zero-order valence-electron chi connectivity index (χ0n) is 10.1. The molecule has 0 aliphatic carbocycles. The molecule has 0 fully saturated rings. The Hall–Kier alpha value is -0.840. The molecule has 0 amide bonds. The molecule has 0 saturated heterocycles. The Morgan fingerprint density at radius 1 is 1.17 bits per heavy atom. The molecular formula is C14H15BrN2S. The number of nitrogens with two attached hydrogens (primary N) is 1. The van der Waals surface area contributed by atoms with Crippen LogP contribution in [0.3, 0.4) is 0 Å². The van der Waals surface area contributed by atoms with Crippen LogP contribution in [-0.4, -0.2) is 10.2 Å². The molecule has 0 aliphatic heterocycles. The van der Waals surface area contributed by atoms with Gasteiger partial charge in [0.25, 0.3) is 0 Å². The minimum Gasteiger partial charge on any atom is -0.323 e. The summed E-state index contributed by atoms with van der Waals surface area (Å²) in [6.07, 6.45) is 1.80. The topological polar surface area (TPSA) is 38.9 Å². The van der Waals surface area contributed by atoms with Gasteiger partial charge in [0.05, 0.1) is 0 Å². The summed E-state index contributed by atoms with van der Waals surface area (Å²) in [6.45, 7) is 2.13. The number of nitrogens with zero attached hydrogens (tertiary/aromatic N) is 1. The van der Waals surface area contributed by atoms with Crippen molar-refractivity contribution in [3.8, 4) is 0 Å². The summed E-state index contributed by atoms with van der Waals surface area (Å²) in [5.74, 6) is 0. The molecule has 1 aromatic carbocycles. The normalized spacial score (nSPS) is 14.2. The number of hydrogen-bond acceptors (Lipinski definition) is 3. The van der Waals surface area contributed by atoms with Gasteiger partial charge in [0, 0.05) is 22.0 Å². The number of rotatable bonds is 4. The predicted octanol–water partition coefficient (Wildman–Crippen LogP) is 4.02. The monoisotopic (exact) mass is 322 g/mol. The van der Waals surface area contributed by atoms with Crippen molar-refractivity contribution in [3.05, 3.63) is 58.7 Å². The fourth-order valence-corrected chi connectivity index (χ4v) is 3.15. The fourth-order valence-electron chi connectivity index (χ4n) is 1.65. The zero-order valence-corrected chi connectivity index (χ0v) is 12.5. The van der Waals surface area contributed by atoms with Crippen LogP contribution in [0.1, 0.15) is 18.5 Å². The van der Waals surface area contributed by atoms with Crippen molar-refractivity contribution < 1.29 is 0 Å². The second-order valence-corrected chi connectivity index (χ2v) is 6.27. The molecule has 1 aromatic heterocycles. The smallest absolute Gasteiger partial charge is 0.110 e. The third kappa shape index (κ3) is 3.34. The van der Waals surface area contributed by atoms with Crippen LogP contribution in [0.4, 0.5) is 0 Å². The van der Waals surface area contributed by atoms with E-state index >= 15 is 0 Å². The van der Waals surface area contributed by atoms with Gasteiger partial charge in [-0.15, -0.1) is 11.8 Å². The molecule has 2 nitrogen and oxygen atoms in total. The Kier molecular flexibility index (Phi) is 4.80.